The predicted octanol–water partition coefficient (Wildman–Crippen LogP) is 1.03. The number of nitrogens with one attached hydrogen (secondary N) is 3. The number of carbonyl (C=O) groups is 2. The second-order valence-corrected chi connectivity index (χ2v) is 10.8. The average Bonchev–Trinajstić information content (AvgIpc) is 3.46. The number of methoxy groups -OCH3 is 1. The van der Waals surface area contributed by atoms with Gasteiger partial charge in [0.05, 0.1) is 19.3 Å². The molecule has 3 saturated heterocycles. The zero-order valence-corrected chi connectivity index (χ0v) is 20.2. The molecule has 3 fully saturated rings. The number of hydrogen-bond acceptors (Lipinski definition) is 7. The summed E-state index contributed by atoms with van der Waals surface area (Å²) in [4.78, 5) is 28.6. The molecule has 0 aromatic carbocycles. The van der Waals surface area contributed by atoms with Crippen molar-refractivity contribution in [2.24, 2.45) is 11.8 Å². The van der Waals surface area contributed by atoms with Gasteiger partial charge in [-0.25, -0.2) is 14.5 Å². The van der Waals surface area contributed by atoms with Crippen molar-refractivity contribution in [1.82, 2.24) is 24.6 Å². The summed E-state index contributed by atoms with van der Waals surface area (Å²) in [6.07, 6.45) is 7.09. The summed E-state index contributed by atoms with van der Waals surface area (Å²) in [5, 5.41) is 5.55. The van der Waals surface area contributed by atoms with Crippen molar-refractivity contribution < 1.29 is 27.5 Å². The molecule has 1 aromatic heterocycles. The van der Waals surface area contributed by atoms with Crippen LogP contribution in [-0.4, -0.2) is 75.1 Å². The van der Waals surface area contributed by atoms with Gasteiger partial charge in [0, 0.05) is 38.3 Å². The number of nitrogens with zero attached hydrogens (tertiary/aromatic N) is 2. The molecule has 188 valence electrons. The summed E-state index contributed by atoms with van der Waals surface area (Å²) in [5.74, 6) is 0.563. The Balaban J connectivity index is 1.15. The number of ether oxygens (including phenoxy) is 2. The van der Waals surface area contributed by atoms with Crippen LogP contribution in [0, 0.1) is 11.8 Å². The lowest BCUT2D eigenvalue weighted by atomic mass is 9.89. The molecule has 3 aliphatic heterocycles. The molecule has 0 unspecified atom stereocenters. The highest BCUT2D eigenvalue weighted by Gasteiger charge is 2.40. The highest BCUT2D eigenvalue weighted by molar-refractivity contribution is 7.87. The van der Waals surface area contributed by atoms with Crippen molar-refractivity contribution in [2.75, 3.05) is 33.3 Å². The summed E-state index contributed by atoms with van der Waals surface area (Å²) in [5.41, 5.74) is 0.378. The van der Waals surface area contributed by atoms with Gasteiger partial charge in [-0.3, -0.25) is 4.79 Å². The van der Waals surface area contributed by atoms with Crippen LogP contribution in [0.3, 0.4) is 0 Å². The van der Waals surface area contributed by atoms with Crippen LogP contribution in [-0.2, 0) is 14.9 Å². The molecule has 11 nitrogen and oxygen atoms in total. The fourth-order valence-corrected chi connectivity index (χ4v) is 6.18. The topological polar surface area (TPSA) is 139 Å². The lowest BCUT2D eigenvalue weighted by molar-refractivity contribution is 0.0927. The van der Waals surface area contributed by atoms with Gasteiger partial charge in [0.25, 0.3) is 5.91 Å². The molecule has 3 aliphatic rings. The quantitative estimate of drug-likeness (QED) is 0.465. The molecule has 3 atom stereocenters. The minimum Gasteiger partial charge on any atom is -0.480 e. The zero-order chi connectivity index (χ0) is 24.1. The number of hydrogen-bond donors (Lipinski definition) is 3. The predicted molar refractivity (Wildman–Crippen MR) is 123 cm³/mol. The highest BCUT2D eigenvalue weighted by atomic mass is 32.2. The number of carbonyl (C=O) groups excluding carboxylic acids is 2. The lowest BCUT2D eigenvalue weighted by Gasteiger charge is -2.31. The summed E-state index contributed by atoms with van der Waals surface area (Å²) in [6.45, 7) is 1.55. The standard InChI is InChI=1S/C22H33N5O6S/c1-32-21-18(3-2-9-24-21)20(28)23-10-6-15-7-11-27(12-8-15)34(30,31)26-22(29)25-14-16-13-17-4-5-19(16)33-17/h2-3,9,15-17,19H,4-8,10-14H2,1H3,(H,23,28)(H2,25,26,29)/t16-,17-,19-/m0/s1. The van der Waals surface area contributed by atoms with Crippen LogP contribution in [0.1, 0.15) is 48.9 Å². The Morgan fingerprint density at radius 1 is 1.21 bits per heavy atom. The molecular weight excluding hydrogens is 462 g/mol. The molecule has 3 amide bonds. The third kappa shape index (κ3) is 5.97. The number of pyridine rings is 1. The molecule has 2 bridgehead atoms. The molecule has 0 saturated carbocycles. The van der Waals surface area contributed by atoms with Gasteiger partial charge in [0.15, 0.2) is 0 Å². The lowest BCUT2D eigenvalue weighted by Crippen LogP contribution is -2.50. The molecule has 34 heavy (non-hydrogen) atoms. The summed E-state index contributed by atoms with van der Waals surface area (Å²) in [6, 6.07) is 2.63. The largest absolute Gasteiger partial charge is 0.480 e. The van der Waals surface area contributed by atoms with Crippen LogP contribution in [0.4, 0.5) is 4.79 Å². The van der Waals surface area contributed by atoms with Gasteiger partial charge in [-0.05, 0) is 56.6 Å². The van der Waals surface area contributed by atoms with Crippen molar-refractivity contribution in [2.45, 2.75) is 50.7 Å². The third-order valence-electron chi connectivity index (χ3n) is 6.94. The minimum atomic E-state index is -3.89. The van der Waals surface area contributed by atoms with Gasteiger partial charge < -0.3 is 20.1 Å². The van der Waals surface area contributed by atoms with Gasteiger partial charge >= 0.3 is 16.2 Å². The number of urea groups is 1. The Labute approximate surface area is 200 Å². The molecular formula is C22H33N5O6S. The molecule has 0 radical (unpaired) electrons. The molecule has 4 rings (SSSR count). The van der Waals surface area contributed by atoms with Crippen LogP contribution < -0.4 is 20.1 Å². The monoisotopic (exact) mass is 495 g/mol. The Bertz CT molecular complexity index is 982. The van der Waals surface area contributed by atoms with E-state index in [2.05, 4.69) is 20.3 Å². The first-order chi connectivity index (χ1) is 16.4. The normalized spacial score (nSPS) is 25.1. The van der Waals surface area contributed by atoms with Gasteiger partial charge in [0.2, 0.25) is 5.88 Å². The molecule has 0 aliphatic carbocycles. The third-order valence-corrected chi connectivity index (χ3v) is 8.43. The maximum atomic E-state index is 12.6. The highest BCUT2D eigenvalue weighted by Crippen LogP contribution is 2.38. The minimum absolute atomic E-state index is 0.178. The maximum Gasteiger partial charge on any atom is 0.329 e. The van der Waals surface area contributed by atoms with Crippen LogP contribution in [0.15, 0.2) is 18.3 Å². The SMILES string of the molecule is COc1ncccc1C(=O)NCCC1CCN(S(=O)(=O)NC(=O)NC[C@@H]2C[C@@H]3CC[C@@H]2O3)CC1. The van der Waals surface area contributed by atoms with E-state index in [1.807, 2.05) is 0 Å². The number of piperidine rings is 1. The first kappa shape index (κ1) is 24.7. The second kappa shape index (κ2) is 10.9. The number of aromatic nitrogens is 1. The molecule has 1 aromatic rings. The zero-order valence-electron chi connectivity index (χ0n) is 19.4. The summed E-state index contributed by atoms with van der Waals surface area (Å²) in [7, 11) is -2.42. The molecule has 3 N–H and O–H groups in total. The van der Waals surface area contributed by atoms with Gasteiger partial charge in [-0.1, -0.05) is 0 Å². The van der Waals surface area contributed by atoms with Crippen molar-refractivity contribution >= 4 is 22.1 Å². The van der Waals surface area contributed by atoms with E-state index >= 15 is 0 Å². The fourth-order valence-electron chi connectivity index (χ4n) is 5.05. The Hall–Kier alpha value is -2.44. The van der Waals surface area contributed by atoms with Crippen molar-refractivity contribution in [3.05, 3.63) is 23.9 Å². The Morgan fingerprint density at radius 2 is 2.00 bits per heavy atom. The molecule has 4 heterocycles. The van der Waals surface area contributed by atoms with E-state index in [-0.39, 0.29) is 35.8 Å². The Kier molecular flexibility index (Phi) is 7.89. The van der Waals surface area contributed by atoms with Crippen LogP contribution in [0.25, 0.3) is 0 Å². The van der Waals surface area contributed by atoms with E-state index in [1.54, 1.807) is 18.3 Å². The maximum absolute atomic E-state index is 12.6. The first-order valence-corrected chi connectivity index (χ1v) is 13.3. The number of rotatable bonds is 9. The van der Waals surface area contributed by atoms with Crippen molar-refractivity contribution in [1.29, 1.82) is 0 Å². The summed E-state index contributed by atoms with van der Waals surface area (Å²) >= 11 is 0. The van der Waals surface area contributed by atoms with E-state index < -0.39 is 16.2 Å². The van der Waals surface area contributed by atoms with Gasteiger partial charge in [-0.15, -0.1) is 0 Å². The average molecular weight is 496 g/mol. The summed E-state index contributed by atoms with van der Waals surface area (Å²) < 4.78 is 39.5. The number of fused-ring (bicyclic) bond motifs is 2. The van der Waals surface area contributed by atoms with Crippen LogP contribution >= 0.6 is 0 Å². The molecule has 0 spiro atoms. The van der Waals surface area contributed by atoms with Crippen molar-refractivity contribution in [3.63, 3.8) is 0 Å². The van der Waals surface area contributed by atoms with Gasteiger partial charge in [-0.2, -0.15) is 12.7 Å². The van der Waals surface area contributed by atoms with Gasteiger partial charge in [0.1, 0.15) is 5.56 Å². The first-order valence-electron chi connectivity index (χ1n) is 11.8. The second-order valence-electron chi connectivity index (χ2n) is 9.13. The van der Waals surface area contributed by atoms with E-state index in [0.29, 0.717) is 44.6 Å². The molecule has 12 heteroatoms. The van der Waals surface area contributed by atoms with Crippen LogP contribution in [0.5, 0.6) is 5.88 Å². The van der Waals surface area contributed by atoms with Crippen molar-refractivity contribution in [3.8, 4) is 5.88 Å². The smallest absolute Gasteiger partial charge is 0.329 e. The number of amides is 3. The van der Waals surface area contributed by atoms with E-state index in [1.165, 1.54) is 11.4 Å². The van der Waals surface area contributed by atoms with E-state index in [4.69, 9.17) is 9.47 Å². The van der Waals surface area contributed by atoms with E-state index in [9.17, 15) is 18.0 Å². The van der Waals surface area contributed by atoms with Crippen LogP contribution in [0.2, 0.25) is 0 Å². The fraction of sp³-hybridized carbons (Fsp3) is 0.682. The Morgan fingerprint density at radius 3 is 2.68 bits per heavy atom. The van der Waals surface area contributed by atoms with E-state index in [0.717, 1.165) is 25.7 Å².